The van der Waals surface area contributed by atoms with Crippen molar-refractivity contribution in [3.8, 4) is 0 Å². The molecule has 2 N–H and O–H groups in total. The van der Waals surface area contributed by atoms with Crippen LogP contribution in [0.25, 0.3) is 0 Å². The van der Waals surface area contributed by atoms with Gasteiger partial charge in [0.25, 0.3) is 0 Å². The summed E-state index contributed by atoms with van der Waals surface area (Å²) in [7, 11) is 0. The molecular weight excluding hydrogens is 200 g/mol. The Morgan fingerprint density at radius 3 is 2.75 bits per heavy atom. The first-order chi connectivity index (χ1) is 7.47. The fourth-order valence-corrected chi connectivity index (χ4v) is 1.83. The van der Waals surface area contributed by atoms with Crippen molar-refractivity contribution in [2.45, 2.75) is 58.0 Å². The minimum Gasteiger partial charge on any atom is -0.351 e. The molecule has 92 valence electrons. The Labute approximate surface area is 98.7 Å². The van der Waals surface area contributed by atoms with Crippen LogP contribution in [0.5, 0.6) is 0 Å². The highest BCUT2D eigenvalue weighted by molar-refractivity contribution is 5.76. The maximum atomic E-state index is 11.5. The fourth-order valence-electron chi connectivity index (χ4n) is 1.83. The van der Waals surface area contributed by atoms with E-state index in [0.717, 1.165) is 6.54 Å². The molecule has 0 radical (unpaired) electrons. The van der Waals surface area contributed by atoms with Crippen LogP contribution in [0.4, 0.5) is 0 Å². The largest absolute Gasteiger partial charge is 0.351 e. The Bertz CT molecular complexity index is 253. The normalized spacial score (nSPS) is 20.8. The SMILES string of the molecule is CC(C)(C)NC(=O)CCNC1C=CCCC1. The van der Waals surface area contributed by atoms with Gasteiger partial charge in [0.2, 0.25) is 5.91 Å². The molecule has 3 heteroatoms. The number of amides is 1. The molecular formula is C13H24N2O. The highest BCUT2D eigenvalue weighted by Gasteiger charge is 2.13. The maximum Gasteiger partial charge on any atom is 0.221 e. The van der Waals surface area contributed by atoms with Crippen molar-refractivity contribution in [3.05, 3.63) is 12.2 Å². The van der Waals surface area contributed by atoms with Crippen LogP contribution in [0.3, 0.4) is 0 Å². The third kappa shape index (κ3) is 5.91. The van der Waals surface area contributed by atoms with Gasteiger partial charge in [-0.15, -0.1) is 0 Å². The number of allylic oxidation sites excluding steroid dienone is 1. The quantitative estimate of drug-likeness (QED) is 0.717. The lowest BCUT2D eigenvalue weighted by Gasteiger charge is -2.21. The summed E-state index contributed by atoms with van der Waals surface area (Å²) in [4.78, 5) is 11.5. The van der Waals surface area contributed by atoms with Crippen LogP contribution >= 0.6 is 0 Å². The predicted molar refractivity (Wildman–Crippen MR) is 67.3 cm³/mol. The summed E-state index contributed by atoms with van der Waals surface area (Å²) in [5.74, 6) is 0.125. The zero-order chi connectivity index (χ0) is 12.0. The molecule has 1 aliphatic rings. The van der Waals surface area contributed by atoms with Gasteiger partial charge in [-0.05, 0) is 40.0 Å². The van der Waals surface area contributed by atoms with Crippen molar-refractivity contribution in [1.82, 2.24) is 10.6 Å². The van der Waals surface area contributed by atoms with Crippen molar-refractivity contribution in [1.29, 1.82) is 0 Å². The Balaban J connectivity index is 2.13. The Kier molecular flexibility index (Phi) is 5.00. The van der Waals surface area contributed by atoms with E-state index >= 15 is 0 Å². The molecule has 1 aliphatic carbocycles. The number of rotatable bonds is 4. The van der Waals surface area contributed by atoms with Crippen LogP contribution in [0.1, 0.15) is 46.5 Å². The molecule has 0 saturated heterocycles. The third-order valence-corrected chi connectivity index (χ3v) is 2.53. The molecule has 1 unspecified atom stereocenters. The Morgan fingerprint density at radius 2 is 2.19 bits per heavy atom. The second-order valence-electron chi connectivity index (χ2n) is 5.47. The van der Waals surface area contributed by atoms with E-state index < -0.39 is 0 Å². The van der Waals surface area contributed by atoms with Crippen molar-refractivity contribution >= 4 is 5.91 Å². The van der Waals surface area contributed by atoms with Gasteiger partial charge in [0, 0.05) is 24.5 Å². The maximum absolute atomic E-state index is 11.5. The van der Waals surface area contributed by atoms with Crippen LogP contribution in [-0.2, 0) is 4.79 Å². The van der Waals surface area contributed by atoms with Gasteiger partial charge in [0.1, 0.15) is 0 Å². The molecule has 3 nitrogen and oxygen atoms in total. The van der Waals surface area contributed by atoms with Gasteiger partial charge < -0.3 is 10.6 Å². The molecule has 0 aliphatic heterocycles. The molecule has 0 aromatic rings. The van der Waals surface area contributed by atoms with Crippen LogP contribution in [0, 0.1) is 0 Å². The average molecular weight is 224 g/mol. The van der Waals surface area contributed by atoms with Crippen molar-refractivity contribution in [2.24, 2.45) is 0 Å². The van der Waals surface area contributed by atoms with Gasteiger partial charge >= 0.3 is 0 Å². The van der Waals surface area contributed by atoms with Crippen molar-refractivity contribution < 1.29 is 4.79 Å². The minimum atomic E-state index is -0.123. The lowest BCUT2D eigenvalue weighted by atomic mass is 10.0. The summed E-state index contributed by atoms with van der Waals surface area (Å²) in [5.41, 5.74) is -0.123. The zero-order valence-electron chi connectivity index (χ0n) is 10.7. The standard InChI is InChI=1S/C13H24N2O/c1-13(2,3)15-12(16)9-10-14-11-7-5-4-6-8-11/h5,7,11,14H,4,6,8-10H2,1-3H3,(H,15,16). The van der Waals surface area contributed by atoms with Gasteiger partial charge in [-0.2, -0.15) is 0 Å². The van der Waals surface area contributed by atoms with E-state index in [-0.39, 0.29) is 11.4 Å². The monoisotopic (exact) mass is 224 g/mol. The first-order valence-corrected chi connectivity index (χ1v) is 6.18. The number of carbonyl (C=O) groups excluding carboxylic acids is 1. The van der Waals surface area contributed by atoms with Crippen LogP contribution < -0.4 is 10.6 Å². The van der Waals surface area contributed by atoms with E-state index in [2.05, 4.69) is 22.8 Å². The Hall–Kier alpha value is -0.830. The lowest BCUT2D eigenvalue weighted by Crippen LogP contribution is -2.42. The highest BCUT2D eigenvalue weighted by Crippen LogP contribution is 2.09. The van der Waals surface area contributed by atoms with Gasteiger partial charge in [0.15, 0.2) is 0 Å². The lowest BCUT2D eigenvalue weighted by molar-refractivity contribution is -0.122. The number of hydrogen-bond donors (Lipinski definition) is 2. The molecule has 0 spiro atoms. The van der Waals surface area contributed by atoms with Gasteiger partial charge in [-0.25, -0.2) is 0 Å². The zero-order valence-corrected chi connectivity index (χ0v) is 10.7. The van der Waals surface area contributed by atoms with Gasteiger partial charge in [-0.1, -0.05) is 12.2 Å². The molecule has 16 heavy (non-hydrogen) atoms. The second-order valence-corrected chi connectivity index (χ2v) is 5.47. The van der Waals surface area contributed by atoms with E-state index in [1.165, 1.54) is 19.3 Å². The summed E-state index contributed by atoms with van der Waals surface area (Å²) in [6, 6.07) is 0.469. The van der Waals surface area contributed by atoms with E-state index in [4.69, 9.17) is 0 Å². The smallest absolute Gasteiger partial charge is 0.221 e. The molecule has 0 aromatic carbocycles. The molecule has 0 heterocycles. The molecule has 0 aromatic heterocycles. The first-order valence-electron chi connectivity index (χ1n) is 6.18. The molecule has 1 rings (SSSR count). The molecule has 0 fully saturated rings. The van der Waals surface area contributed by atoms with Crippen molar-refractivity contribution in [3.63, 3.8) is 0 Å². The molecule has 0 saturated carbocycles. The van der Waals surface area contributed by atoms with Gasteiger partial charge in [-0.3, -0.25) is 4.79 Å². The van der Waals surface area contributed by atoms with Crippen LogP contribution in [0.15, 0.2) is 12.2 Å². The van der Waals surface area contributed by atoms with E-state index in [9.17, 15) is 4.79 Å². The first kappa shape index (κ1) is 13.2. The predicted octanol–water partition coefficient (Wildman–Crippen LogP) is 1.99. The minimum absolute atomic E-state index is 0.123. The summed E-state index contributed by atoms with van der Waals surface area (Å²) in [6.45, 7) is 6.77. The van der Waals surface area contributed by atoms with Crippen molar-refractivity contribution in [2.75, 3.05) is 6.54 Å². The summed E-state index contributed by atoms with van der Waals surface area (Å²) >= 11 is 0. The number of hydrogen-bond acceptors (Lipinski definition) is 2. The topological polar surface area (TPSA) is 41.1 Å². The van der Waals surface area contributed by atoms with E-state index in [1.807, 2.05) is 20.8 Å². The number of nitrogens with one attached hydrogen (secondary N) is 2. The van der Waals surface area contributed by atoms with Crippen LogP contribution in [0.2, 0.25) is 0 Å². The van der Waals surface area contributed by atoms with E-state index in [1.54, 1.807) is 0 Å². The molecule has 1 amide bonds. The Morgan fingerprint density at radius 1 is 1.44 bits per heavy atom. The second kappa shape index (κ2) is 6.04. The summed E-state index contributed by atoms with van der Waals surface area (Å²) < 4.78 is 0. The average Bonchev–Trinajstić information content (AvgIpc) is 2.16. The third-order valence-electron chi connectivity index (χ3n) is 2.53. The van der Waals surface area contributed by atoms with Crippen LogP contribution in [-0.4, -0.2) is 24.0 Å². The number of carbonyl (C=O) groups is 1. The highest BCUT2D eigenvalue weighted by atomic mass is 16.1. The molecule has 1 atom stereocenters. The summed E-state index contributed by atoms with van der Waals surface area (Å²) in [5, 5.41) is 6.35. The van der Waals surface area contributed by atoms with Gasteiger partial charge in [0.05, 0.1) is 0 Å². The molecule has 0 bridgehead atoms. The fraction of sp³-hybridized carbons (Fsp3) is 0.769. The summed E-state index contributed by atoms with van der Waals surface area (Å²) in [6.07, 6.45) is 8.63. The van der Waals surface area contributed by atoms with E-state index in [0.29, 0.717) is 12.5 Å².